The van der Waals surface area contributed by atoms with Crippen molar-refractivity contribution in [2.45, 2.75) is 32.1 Å². The first-order chi connectivity index (χ1) is 7.71. The molecule has 1 aromatic carbocycles. The fourth-order valence-corrected chi connectivity index (χ4v) is 1.66. The van der Waals surface area contributed by atoms with E-state index in [0.29, 0.717) is 0 Å². The quantitative estimate of drug-likeness (QED) is 0.677. The fraction of sp³-hybridized carbons (Fsp3) is 0.333. The molecule has 0 aliphatic rings. The topological polar surface area (TPSA) is 23.8 Å². The Labute approximate surface area is 98.4 Å². The van der Waals surface area contributed by atoms with Crippen LogP contribution in [-0.2, 0) is 6.42 Å². The van der Waals surface area contributed by atoms with E-state index in [9.17, 15) is 0 Å². The molecular formula is C15H18N. The number of nitrogens with zero attached hydrogens (tertiary/aromatic N) is 1. The maximum Gasteiger partial charge on any atom is 0.0991 e. The minimum absolute atomic E-state index is 0.0636. The summed E-state index contributed by atoms with van der Waals surface area (Å²) in [6.07, 6.45) is 5.16. The highest BCUT2D eigenvalue weighted by Gasteiger charge is 2.05. The highest BCUT2D eigenvalue weighted by Crippen LogP contribution is 2.20. The molecule has 1 heteroatoms. The zero-order valence-corrected chi connectivity index (χ0v) is 9.87. The largest absolute Gasteiger partial charge is 0.192 e. The molecule has 1 atom stereocenters. The van der Waals surface area contributed by atoms with Crippen molar-refractivity contribution in [3.63, 3.8) is 0 Å². The Bertz CT molecular complexity index is 398. The van der Waals surface area contributed by atoms with Gasteiger partial charge in [-0.05, 0) is 43.0 Å². The monoisotopic (exact) mass is 212 g/mol. The van der Waals surface area contributed by atoms with E-state index < -0.39 is 0 Å². The smallest absolute Gasteiger partial charge is 0.0991 e. The normalized spacial score (nSPS) is 11.8. The van der Waals surface area contributed by atoms with Crippen LogP contribution in [0.3, 0.4) is 0 Å². The zero-order valence-electron chi connectivity index (χ0n) is 9.87. The Hall–Kier alpha value is -1.55. The number of aryl methyl sites for hydroxylation is 1. The number of nitriles is 1. The van der Waals surface area contributed by atoms with E-state index in [0.717, 1.165) is 24.0 Å². The van der Waals surface area contributed by atoms with Gasteiger partial charge in [-0.1, -0.05) is 25.5 Å². The van der Waals surface area contributed by atoms with Gasteiger partial charge in [-0.3, -0.25) is 0 Å². The van der Waals surface area contributed by atoms with Crippen LogP contribution >= 0.6 is 0 Å². The number of hydrogen-bond donors (Lipinski definition) is 0. The molecule has 1 radical (unpaired) electrons. The van der Waals surface area contributed by atoms with Crippen LogP contribution in [0.25, 0.3) is 0 Å². The minimum Gasteiger partial charge on any atom is -0.192 e. The second-order valence-electron chi connectivity index (χ2n) is 4.02. The van der Waals surface area contributed by atoms with Gasteiger partial charge in [-0.2, -0.15) is 5.26 Å². The van der Waals surface area contributed by atoms with E-state index in [1.54, 1.807) is 6.08 Å². The van der Waals surface area contributed by atoms with Crippen LogP contribution in [0.4, 0.5) is 0 Å². The van der Waals surface area contributed by atoms with Crippen molar-refractivity contribution >= 4 is 0 Å². The molecule has 16 heavy (non-hydrogen) atoms. The van der Waals surface area contributed by atoms with Crippen LogP contribution < -0.4 is 0 Å². The Balaban J connectivity index is 3.01. The van der Waals surface area contributed by atoms with E-state index in [2.05, 4.69) is 32.6 Å². The van der Waals surface area contributed by atoms with Crippen LogP contribution in [0, 0.1) is 18.3 Å². The highest BCUT2D eigenvalue weighted by atomic mass is 14.2. The lowest BCUT2D eigenvalue weighted by atomic mass is 9.95. The summed E-state index contributed by atoms with van der Waals surface area (Å²) < 4.78 is 0. The number of benzene rings is 1. The van der Waals surface area contributed by atoms with Crippen molar-refractivity contribution in [3.8, 4) is 6.07 Å². The van der Waals surface area contributed by atoms with Gasteiger partial charge in [0.25, 0.3) is 0 Å². The van der Waals surface area contributed by atoms with Crippen LogP contribution in [0.2, 0.25) is 0 Å². The standard InChI is InChI=1S/C15H18N/c1-4-6-7-13-8-14(11-16)10-15(9-13)12(3)5-2/h5,8-10,12H,2-4,6-7H2,1H3. The van der Waals surface area contributed by atoms with Gasteiger partial charge in [-0.15, -0.1) is 6.58 Å². The first-order valence-corrected chi connectivity index (χ1v) is 5.70. The molecule has 0 spiro atoms. The van der Waals surface area contributed by atoms with Crippen molar-refractivity contribution in [2.75, 3.05) is 0 Å². The van der Waals surface area contributed by atoms with Crippen LogP contribution in [0.5, 0.6) is 0 Å². The first kappa shape index (κ1) is 12.5. The molecule has 0 aliphatic heterocycles. The Morgan fingerprint density at radius 2 is 2.19 bits per heavy atom. The molecule has 0 aromatic heterocycles. The third-order valence-electron chi connectivity index (χ3n) is 2.68. The first-order valence-electron chi connectivity index (χ1n) is 5.70. The molecule has 0 N–H and O–H groups in total. The van der Waals surface area contributed by atoms with E-state index in [4.69, 9.17) is 5.26 Å². The van der Waals surface area contributed by atoms with Crippen molar-refractivity contribution in [3.05, 3.63) is 54.5 Å². The lowest BCUT2D eigenvalue weighted by Gasteiger charge is -2.09. The SMILES string of the molecule is [CH2]C(C=C)c1cc(C#N)cc(CCCC)c1. The van der Waals surface area contributed by atoms with Gasteiger partial charge >= 0.3 is 0 Å². The van der Waals surface area contributed by atoms with E-state index in [1.165, 1.54) is 12.0 Å². The Morgan fingerprint density at radius 1 is 1.44 bits per heavy atom. The van der Waals surface area contributed by atoms with Gasteiger partial charge in [0, 0.05) is 5.92 Å². The molecule has 0 fully saturated rings. The molecule has 0 saturated heterocycles. The van der Waals surface area contributed by atoms with Gasteiger partial charge in [-0.25, -0.2) is 0 Å². The number of allylic oxidation sites excluding steroid dienone is 1. The molecule has 1 aromatic rings. The van der Waals surface area contributed by atoms with Crippen LogP contribution in [0.15, 0.2) is 30.9 Å². The predicted molar refractivity (Wildman–Crippen MR) is 68.1 cm³/mol. The maximum absolute atomic E-state index is 8.97. The molecule has 83 valence electrons. The molecule has 1 nitrogen and oxygen atoms in total. The number of unbranched alkanes of at least 4 members (excludes halogenated alkanes) is 1. The van der Waals surface area contributed by atoms with E-state index in [-0.39, 0.29) is 5.92 Å². The molecule has 1 rings (SSSR count). The van der Waals surface area contributed by atoms with Crippen molar-refractivity contribution in [1.29, 1.82) is 5.26 Å². The summed E-state index contributed by atoms with van der Waals surface area (Å²) in [4.78, 5) is 0. The van der Waals surface area contributed by atoms with Crippen LogP contribution in [-0.4, -0.2) is 0 Å². The number of hydrogen-bond acceptors (Lipinski definition) is 1. The third-order valence-corrected chi connectivity index (χ3v) is 2.68. The summed E-state index contributed by atoms with van der Waals surface area (Å²) in [5.41, 5.74) is 3.03. The van der Waals surface area contributed by atoms with Gasteiger partial charge in [0.05, 0.1) is 11.6 Å². The second-order valence-corrected chi connectivity index (χ2v) is 4.02. The maximum atomic E-state index is 8.97. The molecule has 1 unspecified atom stereocenters. The van der Waals surface area contributed by atoms with E-state index >= 15 is 0 Å². The molecule has 0 saturated carbocycles. The molecule has 0 heterocycles. The lowest BCUT2D eigenvalue weighted by Crippen LogP contribution is -1.94. The molecule has 0 amide bonds. The average Bonchev–Trinajstić information content (AvgIpc) is 2.34. The predicted octanol–water partition coefficient (Wildman–Crippen LogP) is 4.00. The Kier molecular flexibility index (Phi) is 4.79. The molecular weight excluding hydrogens is 194 g/mol. The fourth-order valence-electron chi connectivity index (χ4n) is 1.66. The molecule has 0 aliphatic carbocycles. The van der Waals surface area contributed by atoms with Crippen molar-refractivity contribution in [1.82, 2.24) is 0 Å². The third kappa shape index (κ3) is 3.24. The lowest BCUT2D eigenvalue weighted by molar-refractivity contribution is 0.793. The van der Waals surface area contributed by atoms with Gasteiger partial charge in [0.2, 0.25) is 0 Å². The van der Waals surface area contributed by atoms with Gasteiger partial charge < -0.3 is 0 Å². The summed E-state index contributed by atoms with van der Waals surface area (Å²) in [6.45, 7) is 9.90. The van der Waals surface area contributed by atoms with Gasteiger partial charge in [0.1, 0.15) is 0 Å². The zero-order chi connectivity index (χ0) is 12.0. The molecule has 0 bridgehead atoms. The second kappa shape index (κ2) is 6.12. The minimum atomic E-state index is 0.0636. The average molecular weight is 212 g/mol. The summed E-state index contributed by atoms with van der Waals surface area (Å²) in [5, 5.41) is 8.97. The van der Waals surface area contributed by atoms with E-state index in [1.807, 2.05) is 12.1 Å². The van der Waals surface area contributed by atoms with Crippen LogP contribution in [0.1, 0.15) is 42.4 Å². The van der Waals surface area contributed by atoms with Crippen molar-refractivity contribution in [2.24, 2.45) is 0 Å². The summed E-state index contributed by atoms with van der Waals surface area (Å²) in [7, 11) is 0. The summed E-state index contributed by atoms with van der Waals surface area (Å²) >= 11 is 0. The number of rotatable bonds is 5. The highest BCUT2D eigenvalue weighted by molar-refractivity contribution is 5.40. The van der Waals surface area contributed by atoms with Crippen molar-refractivity contribution < 1.29 is 0 Å². The summed E-state index contributed by atoms with van der Waals surface area (Å²) in [5.74, 6) is 0.0636. The Morgan fingerprint density at radius 3 is 2.75 bits per heavy atom. The summed E-state index contributed by atoms with van der Waals surface area (Å²) in [6, 6.07) is 8.20. The van der Waals surface area contributed by atoms with Gasteiger partial charge in [0.15, 0.2) is 0 Å².